The van der Waals surface area contributed by atoms with E-state index in [4.69, 9.17) is 0 Å². The second-order valence-electron chi connectivity index (χ2n) is 4.12. The van der Waals surface area contributed by atoms with Crippen LogP contribution in [0.1, 0.15) is 11.1 Å². The lowest BCUT2D eigenvalue weighted by Gasteiger charge is -1.92. The molecule has 0 radical (unpaired) electrons. The number of benzene rings is 1. The van der Waals surface area contributed by atoms with Crippen LogP contribution in [0.3, 0.4) is 0 Å². The van der Waals surface area contributed by atoms with E-state index < -0.39 is 5.56 Å². The maximum Gasteiger partial charge on any atom is 0.292 e. The second-order valence-corrected chi connectivity index (χ2v) is 5.12. The monoisotopic (exact) mass is 271 g/mol. The Morgan fingerprint density at radius 2 is 1.95 bits per heavy atom. The van der Waals surface area contributed by atoms with Crippen molar-refractivity contribution in [3.05, 3.63) is 66.8 Å². The van der Waals surface area contributed by atoms with Crippen LogP contribution in [-0.4, -0.2) is 14.6 Å². The molecule has 0 saturated heterocycles. The first-order chi connectivity index (χ1) is 9.13. The molecule has 0 aliphatic carbocycles. The lowest BCUT2D eigenvalue weighted by molar-refractivity contribution is 0.866. The van der Waals surface area contributed by atoms with E-state index in [2.05, 4.69) is 10.1 Å². The number of rotatable bonds is 1. The van der Waals surface area contributed by atoms with Crippen LogP contribution in [0.15, 0.2) is 40.1 Å². The summed E-state index contributed by atoms with van der Waals surface area (Å²) in [5.74, 6) is 0. The van der Waals surface area contributed by atoms with Crippen LogP contribution in [0.2, 0.25) is 0 Å². The molecule has 1 aromatic carbocycles. The van der Waals surface area contributed by atoms with Gasteiger partial charge in [0.1, 0.15) is 6.20 Å². The van der Waals surface area contributed by atoms with E-state index in [1.54, 1.807) is 6.08 Å². The predicted molar refractivity (Wildman–Crippen MR) is 73.4 cm³/mol. The molecule has 3 aromatic rings. The summed E-state index contributed by atoms with van der Waals surface area (Å²) in [4.78, 5) is 27.2. The van der Waals surface area contributed by atoms with E-state index >= 15 is 0 Å². The summed E-state index contributed by atoms with van der Waals surface area (Å²) in [5.41, 5.74) is 1.39. The van der Waals surface area contributed by atoms with Crippen LogP contribution in [-0.2, 0) is 0 Å². The average Bonchev–Trinajstić information content (AvgIpc) is 2.68. The molecular formula is C13H9N3O2S. The van der Waals surface area contributed by atoms with Crippen LogP contribution in [0, 0.1) is 6.92 Å². The van der Waals surface area contributed by atoms with Crippen molar-refractivity contribution in [2.45, 2.75) is 6.92 Å². The van der Waals surface area contributed by atoms with Gasteiger partial charge in [0.15, 0.2) is 0 Å². The van der Waals surface area contributed by atoms with E-state index in [0.717, 1.165) is 33.2 Å². The third-order valence-corrected chi connectivity index (χ3v) is 3.61. The summed E-state index contributed by atoms with van der Waals surface area (Å²) >= 11 is 1.16. The van der Waals surface area contributed by atoms with Crippen molar-refractivity contribution < 1.29 is 0 Å². The highest BCUT2D eigenvalue weighted by atomic mass is 32.1. The van der Waals surface area contributed by atoms with E-state index in [9.17, 15) is 9.59 Å². The number of hydrogen-bond donors (Lipinski definition) is 0. The standard InChI is InChI=1S/C13H9N3O2S/c1-8-2-4-9(5-3-8)6-10-12(18)16-13(19-10)15-11(17)7-14-16/h2-7H,1H3. The minimum absolute atomic E-state index is 0.256. The molecule has 0 aliphatic heterocycles. The van der Waals surface area contributed by atoms with Gasteiger partial charge in [-0.3, -0.25) is 9.59 Å². The zero-order valence-electron chi connectivity index (χ0n) is 10.0. The zero-order chi connectivity index (χ0) is 13.4. The third kappa shape index (κ3) is 2.17. The highest BCUT2D eigenvalue weighted by Gasteiger charge is 2.05. The van der Waals surface area contributed by atoms with Gasteiger partial charge in [0, 0.05) is 0 Å². The molecule has 0 N–H and O–H groups in total. The first-order valence-corrected chi connectivity index (χ1v) is 6.42. The number of hydrogen-bond acceptors (Lipinski definition) is 5. The van der Waals surface area contributed by atoms with Gasteiger partial charge >= 0.3 is 0 Å². The molecule has 5 nitrogen and oxygen atoms in total. The molecule has 3 rings (SSSR count). The Morgan fingerprint density at radius 1 is 1.21 bits per heavy atom. The summed E-state index contributed by atoms with van der Waals surface area (Å²) in [6.45, 7) is 2.00. The van der Waals surface area contributed by atoms with Crippen LogP contribution < -0.4 is 15.7 Å². The highest BCUT2D eigenvalue weighted by molar-refractivity contribution is 7.15. The number of fused-ring (bicyclic) bond motifs is 1. The number of aromatic nitrogens is 3. The van der Waals surface area contributed by atoms with E-state index in [0.29, 0.717) is 9.49 Å². The molecule has 0 bridgehead atoms. The van der Waals surface area contributed by atoms with Gasteiger partial charge in [-0.25, -0.2) is 0 Å². The van der Waals surface area contributed by atoms with Crippen molar-refractivity contribution >= 4 is 22.4 Å². The van der Waals surface area contributed by atoms with Gasteiger partial charge in [-0.1, -0.05) is 41.2 Å². The van der Waals surface area contributed by atoms with Crippen LogP contribution in [0.5, 0.6) is 0 Å². The molecule has 0 spiro atoms. The minimum Gasteiger partial charge on any atom is -0.266 e. The number of nitrogens with zero attached hydrogens (tertiary/aromatic N) is 3. The predicted octanol–water partition coefficient (Wildman–Crippen LogP) is 0.367. The van der Waals surface area contributed by atoms with E-state index in [-0.39, 0.29) is 5.56 Å². The van der Waals surface area contributed by atoms with Crippen LogP contribution in [0.4, 0.5) is 0 Å². The molecule has 0 amide bonds. The van der Waals surface area contributed by atoms with Crippen molar-refractivity contribution in [1.29, 1.82) is 0 Å². The summed E-state index contributed by atoms with van der Waals surface area (Å²) < 4.78 is 1.65. The average molecular weight is 271 g/mol. The molecule has 2 heterocycles. The molecular weight excluding hydrogens is 262 g/mol. The summed E-state index contributed by atoms with van der Waals surface area (Å²) in [6, 6.07) is 7.82. The normalized spacial score (nSPS) is 12.2. The Kier molecular flexibility index (Phi) is 2.72. The minimum atomic E-state index is -0.442. The van der Waals surface area contributed by atoms with Crippen molar-refractivity contribution in [2.24, 2.45) is 0 Å². The van der Waals surface area contributed by atoms with Gasteiger partial charge in [0.25, 0.3) is 11.1 Å². The summed E-state index contributed by atoms with van der Waals surface area (Å²) in [5, 5.41) is 3.78. The van der Waals surface area contributed by atoms with E-state index in [1.165, 1.54) is 0 Å². The van der Waals surface area contributed by atoms with Gasteiger partial charge in [0.2, 0.25) is 4.96 Å². The fraction of sp³-hybridized carbons (Fsp3) is 0.0769. The lowest BCUT2D eigenvalue weighted by Crippen LogP contribution is -2.25. The van der Waals surface area contributed by atoms with Gasteiger partial charge in [-0.2, -0.15) is 14.6 Å². The fourth-order valence-corrected chi connectivity index (χ4v) is 2.60. The molecule has 94 valence electrons. The second kappa shape index (κ2) is 4.40. The van der Waals surface area contributed by atoms with Gasteiger partial charge < -0.3 is 0 Å². The van der Waals surface area contributed by atoms with Gasteiger partial charge in [-0.15, -0.1) is 0 Å². The Bertz CT molecular complexity index is 910. The molecule has 19 heavy (non-hydrogen) atoms. The summed E-state index contributed by atoms with van der Waals surface area (Å²) in [6.07, 6.45) is 2.81. The molecule has 2 aromatic heterocycles. The number of thiazole rings is 1. The van der Waals surface area contributed by atoms with Crippen molar-refractivity contribution in [1.82, 2.24) is 14.6 Å². The molecule has 6 heteroatoms. The molecule has 0 fully saturated rings. The molecule has 0 aliphatic rings. The Labute approximate surface area is 111 Å². The first kappa shape index (κ1) is 11.7. The van der Waals surface area contributed by atoms with Crippen molar-refractivity contribution in [3.63, 3.8) is 0 Å². The quantitative estimate of drug-likeness (QED) is 0.641. The molecule has 0 unspecified atom stereocenters. The third-order valence-electron chi connectivity index (χ3n) is 2.65. The summed E-state index contributed by atoms with van der Waals surface area (Å²) in [7, 11) is 0. The first-order valence-electron chi connectivity index (χ1n) is 5.61. The molecule has 0 saturated carbocycles. The van der Waals surface area contributed by atoms with E-state index in [1.807, 2.05) is 31.2 Å². The zero-order valence-corrected chi connectivity index (χ0v) is 10.8. The molecule has 0 atom stereocenters. The van der Waals surface area contributed by atoms with Crippen molar-refractivity contribution in [3.8, 4) is 0 Å². The maximum atomic E-state index is 12.0. The maximum absolute atomic E-state index is 12.0. The Hall–Kier alpha value is -2.34. The SMILES string of the molecule is Cc1ccc(C=c2sc3nc(=O)cnn3c2=O)cc1. The van der Waals surface area contributed by atoms with Gasteiger partial charge in [-0.05, 0) is 18.6 Å². The Morgan fingerprint density at radius 3 is 2.68 bits per heavy atom. The lowest BCUT2D eigenvalue weighted by atomic mass is 10.1. The Balaban J connectivity index is 2.25. The van der Waals surface area contributed by atoms with Crippen LogP contribution >= 0.6 is 11.3 Å². The highest BCUT2D eigenvalue weighted by Crippen LogP contribution is 2.04. The smallest absolute Gasteiger partial charge is 0.266 e. The number of aryl methyl sites for hydroxylation is 1. The topological polar surface area (TPSA) is 64.3 Å². The van der Waals surface area contributed by atoms with Crippen molar-refractivity contribution in [2.75, 3.05) is 0 Å². The fourth-order valence-electron chi connectivity index (χ4n) is 1.68. The van der Waals surface area contributed by atoms with Crippen LogP contribution in [0.25, 0.3) is 11.0 Å². The van der Waals surface area contributed by atoms with Gasteiger partial charge in [0.05, 0.1) is 4.53 Å². The largest absolute Gasteiger partial charge is 0.292 e.